The Hall–Kier alpha value is -3.53. The molecule has 4 amide bonds. The van der Waals surface area contributed by atoms with Gasteiger partial charge in [-0.15, -0.1) is 11.3 Å². The van der Waals surface area contributed by atoms with Crippen LogP contribution in [0, 0.1) is 13.8 Å². The van der Waals surface area contributed by atoms with Crippen LogP contribution >= 0.6 is 11.3 Å². The fraction of sp³-hybridized carbons (Fsp3) is 0.286. The summed E-state index contributed by atoms with van der Waals surface area (Å²) in [6.07, 6.45) is 3.48. The molecule has 1 aliphatic rings. The molecule has 31 heavy (non-hydrogen) atoms. The molecule has 3 aromatic heterocycles. The molecule has 0 spiro atoms. The van der Waals surface area contributed by atoms with E-state index in [4.69, 9.17) is 4.74 Å². The molecule has 4 heterocycles. The zero-order valence-corrected chi connectivity index (χ0v) is 18.3. The van der Waals surface area contributed by atoms with Gasteiger partial charge in [0.15, 0.2) is 0 Å². The van der Waals surface area contributed by atoms with E-state index in [1.54, 1.807) is 53.8 Å². The third kappa shape index (κ3) is 4.48. The molecule has 3 aromatic rings. The number of nitrogens with one attached hydrogen (secondary N) is 1. The van der Waals surface area contributed by atoms with Crippen molar-refractivity contribution in [1.82, 2.24) is 24.8 Å². The maximum atomic E-state index is 12.4. The number of nitrogens with zero attached hydrogens (tertiary/aromatic N) is 5. The number of pyridine rings is 2. The van der Waals surface area contributed by atoms with E-state index in [2.05, 4.69) is 20.3 Å². The van der Waals surface area contributed by atoms with Crippen molar-refractivity contribution in [3.05, 3.63) is 47.4 Å². The highest BCUT2D eigenvalue weighted by atomic mass is 32.1. The van der Waals surface area contributed by atoms with Crippen LogP contribution in [0.2, 0.25) is 0 Å². The van der Waals surface area contributed by atoms with E-state index in [1.165, 1.54) is 4.90 Å². The number of hydrogen-bond donors (Lipinski definition) is 1. The average molecular weight is 439 g/mol. The molecule has 9 nitrogen and oxygen atoms in total. The highest BCUT2D eigenvalue weighted by molar-refractivity contribution is 7.15. The summed E-state index contributed by atoms with van der Waals surface area (Å²) in [6.45, 7) is 7.10. The zero-order valence-electron chi connectivity index (χ0n) is 17.5. The molecule has 160 valence electrons. The van der Waals surface area contributed by atoms with Crippen molar-refractivity contribution in [2.75, 3.05) is 25.0 Å². The summed E-state index contributed by atoms with van der Waals surface area (Å²) in [5.41, 5.74) is 1.39. The van der Waals surface area contributed by atoms with Crippen LogP contribution in [-0.4, -0.2) is 56.4 Å². The summed E-state index contributed by atoms with van der Waals surface area (Å²) in [6, 6.07) is 6.22. The normalized spacial score (nSPS) is 13.6. The highest BCUT2D eigenvalue weighted by Crippen LogP contribution is 2.30. The molecule has 1 fully saturated rings. The summed E-state index contributed by atoms with van der Waals surface area (Å²) in [5, 5.41) is 3.65. The van der Waals surface area contributed by atoms with Crippen molar-refractivity contribution < 1.29 is 14.3 Å². The van der Waals surface area contributed by atoms with Crippen molar-refractivity contribution in [2.24, 2.45) is 0 Å². The van der Waals surface area contributed by atoms with Crippen LogP contribution < -0.4 is 10.1 Å². The summed E-state index contributed by atoms with van der Waals surface area (Å²) in [4.78, 5) is 41.4. The van der Waals surface area contributed by atoms with E-state index in [0.717, 1.165) is 15.6 Å². The third-order valence-corrected chi connectivity index (χ3v) is 5.76. The fourth-order valence-corrected chi connectivity index (χ4v) is 3.93. The van der Waals surface area contributed by atoms with Crippen LogP contribution in [0.1, 0.15) is 17.6 Å². The number of rotatable bonds is 5. The van der Waals surface area contributed by atoms with Crippen molar-refractivity contribution in [1.29, 1.82) is 0 Å². The minimum atomic E-state index is -0.486. The first kappa shape index (κ1) is 20.7. The Morgan fingerprint density at radius 1 is 1.23 bits per heavy atom. The lowest BCUT2D eigenvalue weighted by Gasteiger charge is -2.16. The van der Waals surface area contributed by atoms with Gasteiger partial charge in [-0.05, 0) is 39.0 Å². The number of amides is 4. The first-order valence-electron chi connectivity index (χ1n) is 9.86. The Bertz CT molecular complexity index is 1130. The van der Waals surface area contributed by atoms with Gasteiger partial charge in [0, 0.05) is 38.1 Å². The molecule has 0 saturated carbocycles. The maximum absolute atomic E-state index is 12.4. The van der Waals surface area contributed by atoms with E-state index in [0.29, 0.717) is 42.6 Å². The van der Waals surface area contributed by atoms with Crippen molar-refractivity contribution in [3.63, 3.8) is 0 Å². The molecular formula is C21H22N6O3S. The van der Waals surface area contributed by atoms with Crippen molar-refractivity contribution in [2.45, 2.75) is 20.8 Å². The standard InChI is InChI=1S/C21H22N6O3S/c1-4-26-9-10-27(21(26)29)20(28)25-19-6-5-17(13(2)24-19)30-15-7-8-22-16(11-15)18-12-23-14(3)31-18/h5-8,11-12H,4,9-10H2,1-3H3,(H,24,25,28). The van der Waals surface area contributed by atoms with Crippen molar-refractivity contribution >= 4 is 29.2 Å². The lowest BCUT2D eigenvalue weighted by atomic mass is 10.3. The second-order valence-electron chi connectivity index (χ2n) is 6.95. The number of carbonyl (C=O) groups is 2. The Kier molecular flexibility index (Phi) is 5.81. The molecule has 0 unspecified atom stereocenters. The Balaban J connectivity index is 1.45. The molecule has 0 aliphatic carbocycles. The van der Waals surface area contributed by atoms with Gasteiger partial charge >= 0.3 is 12.1 Å². The largest absolute Gasteiger partial charge is 0.455 e. The molecule has 4 rings (SSSR count). The van der Waals surface area contributed by atoms with E-state index < -0.39 is 6.03 Å². The second-order valence-corrected chi connectivity index (χ2v) is 8.18. The smallest absolute Gasteiger partial charge is 0.331 e. The zero-order chi connectivity index (χ0) is 22.0. The number of urea groups is 2. The number of anilines is 1. The van der Waals surface area contributed by atoms with Gasteiger partial charge in [0.1, 0.15) is 17.3 Å². The van der Waals surface area contributed by atoms with Gasteiger partial charge in [0.05, 0.1) is 21.3 Å². The minimum absolute atomic E-state index is 0.290. The quantitative estimate of drug-likeness (QED) is 0.637. The summed E-state index contributed by atoms with van der Waals surface area (Å²) in [5.74, 6) is 1.54. The van der Waals surface area contributed by atoms with E-state index in [9.17, 15) is 9.59 Å². The van der Waals surface area contributed by atoms with Crippen LogP contribution in [0.5, 0.6) is 11.5 Å². The van der Waals surface area contributed by atoms with Crippen LogP contribution in [0.25, 0.3) is 10.6 Å². The summed E-state index contributed by atoms with van der Waals surface area (Å²) >= 11 is 1.57. The van der Waals surface area contributed by atoms with Gasteiger partial charge in [0.25, 0.3) is 0 Å². The van der Waals surface area contributed by atoms with Gasteiger partial charge < -0.3 is 9.64 Å². The van der Waals surface area contributed by atoms with Crippen molar-refractivity contribution in [3.8, 4) is 22.1 Å². The molecule has 0 aromatic carbocycles. The topological polar surface area (TPSA) is 101 Å². The number of thiazole rings is 1. The van der Waals surface area contributed by atoms with Crippen LogP contribution in [-0.2, 0) is 0 Å². The molecule has 1 aliphatic heterocycles. The van der Waals surface area contributed by atoms with E-state index in [1.807, 2.05) is 19.9 Å². The monoisotopic (exact) mass is 438 g/mol. The predicted molar refractivity (Wildman–Crippen MR) is 117 cm³/mol. The fourth-order valence-electron chi connectivity index (χ4n) is 3.18. The third-order valence-electron chi connectivity index (χ3n) is 4.83. The molecule has 0 atom stereocenters. The summed E-state index contributed by atoms with van der Waals surface area (Å²) in [7, 11) is 0. The van der Waals surface area contributed by atoms with Crippen LogP contribution in [0.15, 0.2) is 36.7 Å². The summed E-state index contributed by atoms with van der Waals surface area (Å²) < 4.78 is 5.98. The van der Waals surface area contributed by atoms with Gasteiger partial charge in [-0.1, -0.05) is 0 Å². The molecule has 1 N–H and O–H groups in total. The molecule has 0 bridgehead atoms. The minimum Gasteiger partial charge on any atom is -0.455 e. The number of aryl methyl sites for hydroxylation is 2. The molecule has 1 saturated heterocycles. The number of imide groups is 1. The highest BCUT2D eigenvalue weighted by Gasteiger charge is 2.32. The van der Waals surface area contributed by atoms with Gasteiger partial charge in [-0.25, -0.2) is 24.5 Å². The Labute approximate surface area is 183 Å². The SMILES string of the molecule is CCN1CCN(C(=O)Nc2ccc(Oc3ccnc(-c4cnc(C)s4)c3)c(C)n2)C1=O. The number of carbonyl (C=O) groups excluding carboxylic acids is 2. The predicted octanol–water partition coefficient (Wildman–Crippen LogP) is 4.30. The molecule has 0 radical (unpaired) electrons. The Morgan fingerprint density at radius 2 is 2.06 bits per heavy atom. The van der Waals surface area contributed by atoms with Gasteiger partial charge in [0.2, 0.25) is 0 Å². The molecular weight excluding hydrogens is 416 g/mol. The van der Waals surface area contributed by atoms with Crippen LogP contribution in [0.4, 0.5) is 15.4 Å². The first-order valence-corrected chi connectivity index (χ1v) is 10.7. The number of hydrogen-bond acceptors (Lipinski definition) is 7. The Morgan fingerprint density at radius 3 is 2.74 bits per heavy atom. The number of likely N-dealkylation sites (N-methyl/N-ethyl adjacent to an activating group) is 1. The van der Waals surface area contributed by atoms with Crippen LogP contribution in [0.3, 0.4) is 0 Å². The first-order chi connectivity index (χ1) is 14.9. The maximum Gasteiger partial charge on any atom is 0.331 e. The molecule has 10 heteroatoms. The van der Waals surface area contributed by atoms with Gasteiger partial charge in [-0.2, -0.15) is 0 Å². The van der Waals surface area contributed by atoms with E-state index >= 15 is 0 Å². The number of aromatic nitrogens is 3. The lowest BCUT2D eigenvalue weighted by molar-refractivity contribution is 0.192. The van der Waals surface area contributed by atoms with E-state index in [-0.39, 0.29) is 6.03 Å². The second kappa shape index (κ2) is 8.68. The van der Waals surface area contributed by atoms with Gasteiger partial charge in [-0.3, -0.25) is 10.3 Å². The lowest BCUT2D eigenvalue weighted by Crippen LogP contribution is -2.39. The average Bonchev–Trinajstić information content (AvgIpc) is 3.35. The number of ether oxygens (including phenoxy) is 1.